The lowest BCUT2D eigenvalue weighted by Gasteiger charge is -2.26. The molecule has 20 aromatic rings. The second-order valence-corrected chi connectivity index (χ2v) is 29.5. The number of halogens is 2. The van der Waals surface area contributed by atoms with Gasteiger partial charge in [0.2, 0.25) is 0 Å². The summed E-state index contributed by atoms with van der Waals surface area (Å²) in [5.41, 5.74) is 20.5. The van der Waals surface area contributed by atoms with Gasteiger partial charge in [-0.25, -0.2) is 0 Å². The zero-order valence-electron chi connectivity index (χ0n) is 58.6. The molecule has 0 aliphatic rings. The number of hydrogen-bond acceptors (Lipinski definition) is 4. The molecule has 2 nitrogen and oxygen atoms in total. The van der Waals surface area contributed by atoms with Crippen LogP contribution in [0.3, 0.4) is 0 Å². The molecule has 6 heteroatoms. The molecule has 0 spiro atoms. The first-order chi connectivity index (χ1) is 53.0. The van der Waals surface area contributed by atoms with Crippen LogP contribution in [0.2, 0.25) is 0 Å². The predicted molar refractivity (Wildman–Crippen MR) is 487 cm³/mol. The fraction of sp³-hybridized carbons (Fsp3) is 0.0196. The number of alkyl halides is 1. The van der Waals surface area contributed by atoms with Crippen LogP contribution in [0.4, 0.5) is 28.4 Å². The Hall–Kier alpha value is -11.8. The predicted octanol–water partition coefficient (Wildman–Crippen LogP) is 32.1. The zero-order valence-corrected chi connectivity index (χ0v) is 64.0. The Kier molecular flexibility index (Phi) is 21.0. The summed E-state index contributed by atoms with van der Waals surface area (Å²) in [6, 6.07) is 144. The number of nitrogens with one attached hydrogen (secondary N) is 1. The van der Waals surface area contributed by atoms with E-state index in [1.165, 1.54) is 156 Å². The highest BCUT2D eigenvalue weighted by atomic mass is 127. The van der Waals surface area contributed by atoms with Gasteiger partial charge in [-0.05, 0) is 200 Å². The molecule has 18 aromatic carbocycles. The molecular weight excluding hydrogens is 1520 g/mol. The number of benzene rings is 18. The number of nitrogens with zero attached hydrogens (tertiary/aromatic N) is 1. The van der Waals surface area contributed by atoms with Crippen molar-refractivity contribution in [1.82, 2.24) is 0 Å². The number of rotatable bonds is 11. The van der Waals surface area contributed by atoms with Crippen molar-refractivity contribution in [3.63, 3.8) is 0 Å². The highest BCUT2D eigenvalue weighted by molar-refractivity contribution is 14.1. The second kappa shape index (κ2) is 32.1. The smallest absolute Gasteiger partial charge is 0.0640 e. The highest BCUT2D eigenvalue weighted by Crippen LogP contribution is 2.47. The number of thiophene rings is 2. The van der Waals surface area contributed by atoms with Crippen LogP contribution in [-0.4, -0.2) is 4.93 Å². The molecule has 0 aliphatic carbocycles. The summed E-state index contributed by atoms with van der Waals surface area (Å²) in [5.74, 6) is 0. The first kappa shape index (κ1) is 70.6. The standard InChI is InChI=1S/C50H33NS.C32H21NS.C18H13Br.CH3I.CH4/c1-2-11-34(12-3-1)35-21-23-36(24-22-35)37-25-29-40(30-26-37)51(48-19-10-18-46-45-17-8-9-20-49(45)52-50(46)48)41-31-27-38(28-32-41)47-33-39-13-4-5-14-42(39)43-15-6-7-16-44(43)47;1-2-9-24-22(8-1)20-29(26-11-4-3-10-25(24)26)21-16-18-23(19-17-21)33-30-14-7-13-28-27-12-5-6-15-31(27)34-32(28)30;19-18-12-10-17(11-13-18)16-8-6-15(7-9-16)14-4-2-1-3-5-14;1-2;/h1-33H;1-20,33H;1-13H;1H3;1H4. The molecular formula is C102H74BrIN2S2. The van der Waals surface area contributed by atoms with Crippen molar-refractivity contribution < 1.29 is 0 Å². The lowest BCUT2D eigenvalue weighted by molar-refractivity contribution is 1.30. The first-order valence-electron chi connectivity index (χ1n) is 35.9. The van der Waals surface area contributed by atoms with Crippen LogP contribution in [-0.2, 0) is 0 Å². The lowest BCUT2D eigenvalue weighted by atomic mass is 9.93. The zero-order chi connectivity index (χ0) is 72.0. The average molecular weight is 1600 g/mol. The van der Waals surface area contributed by atoms with Crippen LogP contribution in [0.15, 0.2) is 405 Å². The lowest BCUT2D eigenvalue weighted by Crippen LogP contribution is -2.10. The van der Waals surface area contributed by atoms with Gasteiger partial charge in [-0.2, -0.15) is 0 Å². The molecule has 0 saturated heterocycles. The molecule has 20 rings (SSSR count). The van der Waals surface area contributed by atoms with E-state index in [1.54, 1.807) is 0 Å². The minimum absolute atomic E-state index is 0. The van der Waals surface area contributed by atoms with Gasteiger partial charge >= 0.3 is 0 Å². The summed E-state index contributed by atoms with van der Waals surface area (Å²) in [6.45, 7) is 0. The van der Waals surface area contributed by atoms with E-state index in [1.807, 2.05) is 33.7 Å². The Morgan fingerprint density at radius 3 is 1.03 bits per heavy atom. The van der Waals surface area contributed by atoms with Crippen molar-refractivity contribution in [3.05, 3.63) is 405 Å². The van der Waals surface area contributed by atoms with Gasteiger partial charge in [0.15, 0.2) is 0 Å². The van der Waals surface area contributed by atoms with E-state index in [4.69, 9.17) is 0 Å². The summed E-state index contributed by atoms with van der Waals surface area (Å²) in [6.07, 6.45) is 0. The van der Waals surface area contributed by atoms with E-state index >= 15 is 0 Å². The number of anilines is 5. The average Bonchev–Trinajstić information content (AvgIpc) is 1.000. The monoisotopic (exact) mass is 1600 g/mol. The van der Waals surface area contributed by atoms with E-state index in [9.17, 15) is 0 Å². The Morgan fingerprint density at radius 1 is 0.259 bits per heavy atom. The SMILES string of the molecule is Brc1ccc(-c2ccc(-c3ccccc3)cc2)cc1.C.CI.c1ccc(-c2ccc(-c3ccc(N(c4ccc(-c5cc6ccccc6c6ccccc56)cc4)c4cccc5c4sc4ccccc45)cc3)cc2)cc1.c1ccc2c(c1)cc(-c1ccc(Nc3cccc4c3sc3ccccc34)cc1)c1ccccc12. The van der Waals surface area contributed by atoms with Crippen molar-refractivity contribution in [1.29, 1.82) is 0 Å². The van der Waals surface area contributed by atoms with Crippen LogP contribution < -0.4 is 10.2 Å². The molecule has 0 unspecified atom stereocenters. The van der Waals surface area contributed by atoms with Gasteiger partial charge in [-0.3, -0.25) is 0 Å². The minimum atomic E-state index is 0. The van der Waals surface area contributed by atoms with Crippen LogP contribution >= 0.6 is 61.2 Å². The van der Waals surface area contributed by atoms with Gasteiger partial charge in [0, 0.05) is 52.5 Å². The molecule has 2 heterocycles. The summed E-state index contributed by atoms with van der Waals surface area (Å²) >= 11 is 9.32. The van der Waals surface area contributed by atoms with Crippen LogP contribution in [0.5, 0.6) is 0 Å². The maximum Gasteiger partial charge on any atom is 0.0640 e. The second-order valence-electron chi connectivity index (χ2n) is 26.4. The fourth-order valence-corrected chi connectivity index (χ4v) is 17.5. The maximum absolute atomic E-state index is 3.66. The van der Waals surface area contributed by atoms with Crippen molar-refractivity contribution >= 4 is 173 Å². The van der Waals surface area contributed by atoms with Crippen LogP contribution in [0.25, 0.3) is 150 Å². The number of fused-ring (bicyclic) bond motifs is 12. The molecule has 0 atom stereocenters. The molecule has 0 amide bonds. The third-order valence-corrected chi connectivity index (χ3v) is 23.1. The number of hydrogen-bond donors (Lipinski definition) is 1. The quantitative estimate of drug-likeness (QED) is 0.0789. The first-order valence-corrected chi connectivity index (χ1v) is 40.5. The maximum atomic E-state index is 3.66. The summed E-state index contributed by atoms with van der Waals surface area (Å²) < 4.78 is 6.32. The van der Waals surface area contributed by atoms with Gasteiger partial charge in [-0.1, -0.05) is 361 Å². The van der Waals surface area contributed by atoms with E-state index in [2.05, 4.69) is 443 Å². The third-order valence-electron chi connectivity index (χ3n) is 20.1. The van der Waals surface area contributed by atoms with E-state index in [0.29, 0.717) is 0 Å². The van der Waals surface area contributed by atoms with E-state index in [0.717, 1.165) is 27.2 Å². The molecule has 0 radical (unpaired) electrons. The topological polar surface area (TPSA) is 15.3 Å². The summed E-state index contributed by atoms with van der Waals surface area (Å²) in [7, 11) is 0. The van der Waals surface area contributed by atoms with Gasteiger partial charge in [-0.15, -0.1) is 22.7 Å². The molecule has 0 fully saturated rings. The van der Waals surface area contributed by atoms with Crippen molar-refractivity contribution in [2.45, 2.75) is 7.43 Å². The molecule has 518 valence electrons. The molecule has 108 heavy (non-hydrogen) atoms. The summed E-state index contributed by atoms with van der Waals surface area (Å²) in [4.78, 5) is 4.39. The van der Waals surface area contributed by atoms with Gasteiger partial charge in [0.1, 0.15) is 0 Å². The fourth-order valence-electron chi connectivity index (χ4n) is 14.9. The van der Waals surface area contributed by atoms with Crippen molar-refractivity contribution in [3.8, 4) is 66.8 Å². The Bertz CT molecular complexity index is 6520. The summed E-state index contributed by atoms with van der Waals surface area (Å²) in [5, 5.41) is 19.2. The molecule has 2 aromatic heterocycles. The van der Waals surface area contributed by atoms with Crippen LogP contribution in [0.1, 0.15) is 7.43 Å². The molecule has 1 N–H and O–H groups in total. The minimum Gasteiger partial charge on any atom is -0.354 e. The van der Waals surface area contributed by atoms with Gasteiger partial charge in [0.05, 0.1) is 20.8 Å². The Balaban J connectivity index is 0.000000136. The largest absolute Gasteiger partial charge is 0.354 e. The van der Waals surface area contributed by atoms with E-state index in [-0.39, 0.29) is 7.43 Å². The van der Waals surface area contributed by atoms with Crippen molar-refractivity contribution in [2.75, 3.05) is 15.1 Å². The van der Waals surface area contributed by atoms with Gasteiger partial charge in [0.25, 0.3) is 0 Å². The highest BCUT2D eigenvalue weighted by Gasteiger charge is 2.20. The Labute approximate surface area is 661 Å². The van der Waals surface area contributed by atoms with Crippen LogP contribution in [0, 0.1) is 0 Å². The Morgan fingerprint density at radius 2 is 0.574 bits per heavy atom. The van der Waals surface area contributed by atoms with Gasteiger partial charge < -0.3 is 10.2 Å². The molecule has 0 bridgehead atoms. The third kappa shape index (κ3) is 14.4. The van der Waals surface area contributed by atoms with E-state index < -0.39 is 0 Å². The van der Waals surface area contributed by atoms with Crippen molar-refractivity contribution in [2.24, 2.45) is 0 Å². The normalized spacial score (nSPS) is 11.0. The molecule has 0 aliphatic heterocycles. The molecule has 0 saturated carbocycles.